The molecule has 1 saturated heterocycles. The average molecular weight is 415 g/mol. The van der Waals surface area contributed by atoms with E-state index in [9.17, 15) is 5.11 Å². The van der Waals surface area contributed by atoms with Crippen molar-refractivity contribution >= 4 is 11.6 Å². The van der Waals surface area contributed by atoms with E-state index < -0.39 is 0 Å². The molecule has 2 aromatic rings. The van der Waals surface area contributed by atoms with Crippen LogP contribution in [0.3, 0.4) is 0 Å². The van der Waals surface area contributed by atoms with Gasteiger partial charge in [0.25, 0.3) is 0 Å². The molecule has 8 heteroatoms. The second-order valence-corrected chi connectivity index (χ2v) is 6.88. The molecule has 2 aromatic carbocycles. The molecule has 0 saturated carbocycles. The summed E-state index contributed by atoms with van der Waals surface area (Å²) < 4.78 is 16.3. The highest BCUT2D eigenvalue weighted by Crippen LogP contribution is 2.34. The molecule has 30 heavy (non-hydrogen) atoms. The molecular weight excluding hydrogens is 384 g/mol. The van der Waals surface area contributed by atoms with Gasteiger partial charge in [-0.2, -0.15) is 0 Å². The Kier molecular flexibility index (Phi) is 7.11. The van der Waals surface area contributed by atoms with Gasteiger partial charge in [0.2, 0.25) is 0 Å². The third-order valence-corrected chi connectivity index (χ3v) is 5.24. The fraction of sp³-hybridized carbons (Fsp3) is 0.409. The van der Waals surface area contributed by atoms with Crippen molar-refractivity contribution in [2.75, 3.05) is 59.5 Å². The van der Waals surface area contributed by atoms with Crippen molar-refractivity contribution in [3.05, 3.63) is 42.0 Å². The van der Waals surface area contributed by atoms with E-state index >= 15 is 0 Å². The Labute approximate surface area is 177 Å². The maximum Gasteiger partial charge on any atom is 0.194 e. The van der Waals surface area contributed by atoms with Crippen LogP contribution < -0.4 is 24.4 Å². The van der Waals surface area contributed by atoms with Gasteiger partial charge in [-0.05, 0) is 18.2 Å². The number of para-hydroxylation sites is 2. The second-order valence-electron chi connectivity index (χ2n) is 6.88. The Balaban J connectivity index is 1.64. The van der Waals surface area contributed by atoms with Crippen molar-refractivity contribution in [2.45, 2.75) is 6.54 Å². The smallest absolute Gasteiger partial charge is 0.194 e. The number of aliphatic imine (C=N–C) groups is 1. The zero-order valence-corrected chi connectivity index (χ0v) is 18.0. The first kappa shape index (κ1) is 21.4. The summed E-state index contributed by atoms with van der Waals surface area (Å²) in [6, 6.07) is 11.2. The Morgan fingerprint density at radius 2 is 1.60 bits per heavy atom. The van der Waals surface area contributed by atoms with E-state index in [1.54, 1.807) is 34.4 Å². The molecule has 0 aromatic heterocycles. The van der Waals surface area contributed by atoms with E-state index in [1.807, 2.05) is 30.3 Å². The predicted molar refractivity (Wildman–Crippen MR) is 118 cm³/mol. The third kappa shape index (κ3) is 4.64. The largest absolute Gasteiger partial charge is 0.506 e. The van der Waals surface area contributed by atoms with E-state index in [2.05, 4.69) is 20.1 Å². The van der Waals surface area contributed by atoms with Crippen LogP contribution in [-0.2, 0) is 6.54 Å². The van der Waals surface area contributed by atoms with E-state index in [0.29, 0.717) is 23.8 Å². The number of hydrogen-bond acceptors (Lipinski definition) is 6. The number of nitrogens with one attached hydrogen (secondary N) is 1. The zero-order chi connectivity index (χ0) is 21.5. The minimum atomic E-state index is 0.314. The van der Waals surface area contributed by atoms with Crippen molar-refractivity contribution in [3.63, 3.8) is 0 Å². The molecule has 1 aliphatic heterocycles. The molecular formula is C22H30N4O4. The van der Waals surface area contributed by atoms with Crippen LogP contribution in [0.2, 0.25) is 0 Å². The highest BCUT2D eigenvalue weighted by Gasteiger charge is 2.21. The van der Waals surface area contributed by atoms with Crippen LogP contribution in [0.15, 0.2) is 41.4 Å². The van der Waals surface area contributed by atoms with Crippen molar-refractivity contribution in [1.82, 2.24) is 10.2 Å². The van der Waals surface area contributed by atoms with E-state index in [-0.39, 0.29) is 0 Å². The number of methoxy groups -OCH3 is 3. The Bertz CT molecular complexity index is 879. The fourth-order valence-electron chi connectivity index (χ4n) is 3.63. The van der Waals surface area contributed by atoms with Gasteiger partial charge >= 0.3 is 0 Å². The van der Waals surface area contributed by atoms with Gasteiger partial charge in [-0.25, -0.2) is 0 Å². The summed E-state index contributed by atoms with van der Waals surface area (Å²) in [4.78, 5) is 8.84. The molecule has 0 spiro atoms. The van der Waals surface area contributed by atoms with E-state index in [1.165, 1.54) is 0 Å². The minimum absolute atomic E-state index is 0.314. The normalized spacial score (nSPS) is 14.5. The molecule has 0 bridgehead atoms. The molecule has 0 amide bonds. The lowest BCUT2D eigenvalue weighted by Crippen LogP contribution is -2.52. The summed E-state index contributed by atoms with van der Waals surface area (Å²) in [6.45, 7) is 3.75. The van der Waals surface area contributed by atoms with Crippen LogP contribution in [-0.4, -0.2) is 70.5 Å². The van der Waals surface area contributed by atoms with Crippen LogP contribution in [0.1, 0.15) is 5.56 Å². The molecule has 3 rings (SSSR count). The first-order chi connectivity index (χ1) is 14.6. The number of hydrogen-bond donors (Lipinski definition) is 2. The number of phenols is 1. The SMILES string of the molecule is CN=C(NCc1cc(OC)c(OC)cc1OC)N1CCN(c2ccccc2O)CC1. The summed E-state index contributed by atoms with van der Waals surface area (Å²) in [5.41, 5.74) is 1.82. The number of anilines is 1. The monoisotopic (exact) mass is 414 g/mol. The van der Waals surface area contributed by atoms with Crippen molar-refractivity contribution in [1.29, 1.82) is 0 Å². The number of aromatic hydroxyl groups is 1. The molecule has 0 atom stereocenters. The first-order valence-corrected chi connectivity index (χ1v) is 9.88. The van der Waals surface area contributed by atoms with Gasteiger partial charge in [0.05, 0.1) is 27.0 Å². The van der Waals surface area contributed by atoms with Gasteiger partial charge in [0.15, 0.2) is 17.5 Å². The molecule has 1 fully saturated rings. The summed E-state index contributed by atoms with van der Waals surface area (Å²) >= 11 is 0. The van der Waals surface area contributed by atoms with Gasteiger partial charge in [0, 0.05) is 51.4 Å². The molecule has 0 aliphatic carbocycles. The summed E-state index contributed by atoms with van der Waals surface area (Å²) in [7, 11) is 6.64. The molecule has 0 radical (unpaired) electrons. The molecule has 1 aliphatic rings. The van der Waals surface area contributed by atoms with Crippen LogP contribution in [0.25, 0.3) is 0 Å². The van der Waals surface area contributed by atoms with Gasteiger partial charge < -0.3 is 34.4 Å². The first-order valence-electron chi connectivity index (χ1n) is 9.88. The van der Waals surface area contributed by atoms with Crippen LogP contribution >= 0.6 is 0 Å². The molecule has 0 unspecified atom stereocenters. The number of ether oxygens (including phenoxy) is 3. The third-order valence-electron chi connectivity index (χ3n) is 5.24. The number of rotatable bonds is 6. The van der Waals surface area contributed by atoms with Gasteiger partial charge in [0.1, 0.15) is 11.5 Å². The Morgan fingerprint density at radius 3 is 2.20 bits per heavy atom. The van der Waals surface area contributed by atoms with Crippen molar-refractivity contribution in [3.8, 4) is 23.0 Å². The lowest BCUT2D eigenvalue weighted by Gasteiger charge is -2.37. The molecule has 162 valence electrons. The van der Waals surface area contributed by atoms with Gasteiger partial charge in [-0.1, -0.05) is 12.1 Å². The number of guanidine groups is 1. The van der Waals surface area contributed by atoms with E-state index in [4.69, 9.17) is 14.2 Å². The fourth-order valence-corrected chi connectivity index (χ4v) is 3.63. The molecule has 2 N–H and O–H groups in total. The van der Waals surface area contributed by atoms with Gasteiger partial charge in [-0.15, -0.1) is 0 Å². The van der Waals surface area contributed by atoms with Crippen LogP contribution in [0.4, 0.5) is 5.69 Å². The van der Waals surface area contributed by atoms with Gasteiger partial charge in [-0.3, -0.25) is 4.99 Å². The molecule has 8 nitrogen and oxygen atoms in total. The average Bonchev–Trinajstić information content (AvgIpc) is 2.79. The standard InChI is InChI=1S/C22H30N4O4/c1-23-22(24-15-16-13-20(29-3)21(30-4)14-19(16)28-2)26-11-9-25(10-12-26)17-7-5-6-8-18(17)27/h5-8,13-14,27H,9-12,15H2,1-4H3,(H,23,24). The summed E-state index contributed by atoms with van der Waals surface area (Å²) in [5, 5.41) is 13.5. The number of phenolic OH excluding ortho intramolecular Hbond substituents is 1. The lowest BCUT2D eigenvalue weighted by atomic mass is 10.1. The quantitative estimate of drug-likeness (QED) is 0.555. The predicted octanol–water partition coefficient (Wildman–Crippen LogP) is 2.32. The zero-order valence-electron chi connectivity index (χ0n) is 18.0. The highest BCUT2D eigenvalue weighted by molar-refractivity contribution is 5.80. The summed E-state index contributed by atoms with van der Waals surface area (Å²) in [6.07, 6.45) is 0. The number of nitrogens with zero attached hydrogens (tertiary/aromatic N) is 3. The Morgan fingerprint density at radius 1 is 0.967 bits per heavy atom. The minimum Gasteiger partial charge on any atom is -0.506 e. The number of piperazine rings is 1. The van der Waals surface area contributed by atoms with E-state index in [0.717, 1.165) is 49.1 Å². The highest BCUT2D eigenvalue weighted by atomic mass is 16.5. The van der Waals surface area contributed by atoms with Crippen LogP contribution in [0.5, 0.6) is 23.0 Å². The summed E-state index contributed by atoms with van der Waals surface area (Å²) in [5.74, 6) is 3.14. The van der Waals surface area contributed by atoms with Crippen molar-refractivity contribution in [2.24, 2.45) is 4.99 Å². The second kappa shape index (κ2) is 9.96. The maximum absolute atomic E-state index is 10.1. The van der Waals surface area contributed by atoms with Crippen LogP contribution in [0, 0.1) is 0 Å². The maximum atomic E-state index is 10.1. The number of benzene rings is 2. The topological polar surface area (TPSA) is 78.8 Å². The lowest BCUT2D eigenvalue weighted by molar-refractivity contribution is 0.346. The van der Waals surface area contributed by atoms with Crippen molar-refractivity contribution < 1.29 is 19.3 Å². The Hall–Kier alpha value is -3.29. The molecule has 1 heterocycles.